The van der Waals surface area contributed by atoms with Crippen molar-refractivity contribution in [1.29, 1.82) is 0 Å². The van der Waals surface area contributed by atoms with Crippen molar-refractivity contribution in [2.24, 2.45) is 0 Å². The van der Waals surface area contributed by atoms with E-state index < -0.39 is 0 Å². The summed E-state index contributed by atoms with van der Waals surface area (Å²) in [4.78, 5) is 4.58. The molecule has 0 radical (unpaired) electrons. The van der Waals surface area contributed by atoms with Gasteiger partial charge in [-0.3, -0.25) is 4.98 Å². The summed E-state index contributed by atoms with van der Waals surface area (Å²) >= 11 is 0. The molecule has 134 valence electrons. The first-order valence-corrected chi connectivity index (χ1v) is 8.20. The summed E-state index contributed by atoms with van der Waals surface area (Å²) in [6, 6.07) is 9.75. The standard InChI is InChI=1S/C20H19NO5/c1-22-16-5-4-12(9-17(16)23-2)8-15-14-10-18(24-3)20-19(25-11-26-20)13(14)6-7-21-15/h4-7,9-10H,8,11H2,1-3H3. The van der Waals surface area contributed by atoms with Crippen LogP contribution in [0.15, 0.2) is 36.5 Å². The SMILES string of the molecule is COc1ccc(Cc2nccc3c4c(c(OC)cc23)OCO4)cc1OC. The summed E-state index contributed by atoms with van der Waals surface area (Å²) in [6.45, 7) is 0.193. The summed E-state index contributed by atoms with van der Waals surface area (Å²) < 4.78 is 27.4. The van der Waals surface area contributed by atoms with Gasteiger partial charge in [-0.05, 0) is 29.8 Å². The van der Waals surface area contributed by atoms with Crippen LogP contribution in [-0.2, 0) is 6.42 Å². The number of aromatic nitrogens is 1. The number of hydrogen-bond donors (Lipinski definition) is 0. The Labute approximate surface area is 151 Å². The highest BCUT2D eigenvalue weighted by molar-refractivity contribution is 5.95. The number of pyridine rings is 1. The van der Waals surface area contributed by atoms with Crippen LogP contribution in [0, 0.1) is 0 Å². The van der Waals surface area contributed by atoms with Crippen molar-refractivity contribution in [3.8, 4) is 28.7 Å². The number of nitrogens with zero attached hydrogens (tertiary/aromatic N) is 1. The molecule has 2 heterocycles. The third kappa shape index (κ3) is 2.63. The van der Waals surface area contributed by atoms with Crippen LogP contribution in [0.1, 0.15) is 11.3 Å². The van der Waals surface area contributed by atoms with Crippen molar-refractivity contribution < 1.29 is 23.7 Å². The lowest BCUT2D eigenvalue weighted by molar-refractivity contribution is 0.172. The van der Waals surface area contributed by atoms with Crippen molar-refractivity contribution in [3.63, 3.8) is 0 Å². The summed E-state index contributed by atoms with van der Waals surface area (Å²) in [5.41, 5.74) is 1.99. The van der Waals surface area contributed by atoms with E-state index in [1.54, 1.807) is 27.5 Å². The van der Waals surface area contributed by atoms with Crippen molar-refractivity contribution in [2.75, 3.05) is 28.1 Å². The van der Waals surface area contributed by atoms with E-state index >= 15 is 0 Å². The Morgan fingerprint density at radius 3 is 2.38 bits per heavy atom. The first-order valence-electron chi connectivity index (χ1n) is 8.20. The highest BCUT2D eigenvalue weighted by Gasteiger charge is 2.23. The molecule has 0 fully saturated rings. The molecule has 1 aromatic heterocycles. The molecule has 0 N–H and O–H groups in total. The molecular formula is C20H19NO5. The third-order valence-corrected chi connectivity index (χ3v) is 4.47. The van der Waals surface area contributed by atoms with Gasteiger partial charge in [0.25, 0.3) is 0 Å². The lowest BCUT2D eigenvalue weighted by Gasteiger charge is -2.12. The van der Waals surface area contributed by atoms with Gasteiger partial charge in [0.2, 0.25) is 12.5 Å². The first-order chi connectivity index (χ1) is 12.7. The van der Waals surface area contributed by atoms with Gasteiger partial charge in [0.05, 0.1) is 27.0 Å². The second-order valence-corrected chi connectivity index (χ2v) is 5.86. The molecular weight excluding hydrogens is 334 g/mol. The second-order valence-electron chi connectivity index (χ2n) is 5.86. The van der Waals surface area contributed by atoms with Crippen molar-refractivity contribution >= 4 is 10.8 Å². The molecule has 26 heavy (non-hydrogen) atoms. The van der Waals surface area contributed by atoms with E-state index in [1.807, 2.05) is 30.3 Å². The Hall–Kier alpha value is -3.15. The first kappa shape index (κ1) is 16.3. The van der Waals surface area contributed by atoms with Crippen LogP contribution in [0.25, 0.3) is 10.8 Å². The number of methoxy groups -OCH3 is 3. The second kappa shape index (κ2) is 6.63. The zero-order chi connectivity index (χ0) is 18.1. The lowest BCUT2D eigenvalue weighted by atomic mass is 10.0. The van der Waals surface area contributed by atoms with Gasteiger partial charge in [-0.1, -0.05) is 6.07 Å². The minimum Gasteiger partial charge on any atom is -0.493 e. The van der Waals surface area contributed by atoms with Gasteiger partial charge < -0.3 is 23.7 Å². The fraction of sp³-hybridized carbons (Fsp3) is 0.250. The molecule has 0 amide bonds. The minimum atomic E-state index is 0.193. The monoisotopic (exact) mass is 353 g/mol. The summed E-state index contributed by atoms with van der Waals surface area (Å²) in [6.07, 6.45) is 2.42. The molecule has 0 atom stereocenters. The maximum atomic E-state index is 5.66. The molecule has 0 spiro atoms. The van der Waals surface area contributed by atoms with Crippen molar-refractivity contribution in [3.05, 3.63) is 47.8 Å². The Morgan fingerprint density at radius 1 is 0.846 bits per heavy atom. The Kier molecular flexibility index (Phi) is 4.16. The molecule has 3 aromatic rings. The number of ether oxygens (including phenoxy) is 5. The third-order valence-electron chi connectivity index (χ3n) is 4.47. The average Bonchev–Trinajstić information content (AvgIpc) is 3.17. The van der Waals surface area contributed by atoms with Crippen LogP contribution in [0.2, 0.25) is 0 Å². The van der Waals surface area contributed by atoms with Gasteiger partial charge in [-0.2, -0.15) is 0 Å². The van der Waals surface area contributed by atoms with Crippen molar-refractivity contribution in [2.45, 2.75) is 6.42 Å². The van der Waals surface area contributed by atoms with Gasteiger partial charge in [0, 0.05) is 23.4 Å². The smallest absolute Gasteiger partial charge is 0.231 e. The molecule has 1 aliphatic rings. The molecule has 0 saturated carbocycles. The maximum absolute atomic E-state index is 5.66. The Balaban J connectivity index is 1.80. The van der Waals surface area contributed by atoms with Gasteiger partial charge in [0.15, 0.2) is 23.0 Å². The van der Waals surface area contributed by atoms with Crippen LogP contribution < -0.4 is 23.7 Å². The fourth-order valence-electron chi connectivity index (χ4n) is 3.21. The van der Waals surface area contributed by atoms with Crippen LogP contribution in [-0.4, -0.2) is 33.1 Å². The van der Waals surface area contributed by atoms with Gasteiger partial charge in [-0.15, -0.1) is 0 Å². The van der Waals surface area contributed by atoms with E-state index in [9.17, 15) is 0 Å². The number of rotatable bonds is 5. The summed E-state index contributed by atoms with van der Waals surface area (Å²) in [5.74, 6) is 3.39. The summed E-state index contributed by atoms with van der Waals surface area (Å²) in [7, 11) is 4.87. The van der Waals surface area contributed by atoms with E-state index in [0.29, 0.717) is 35.2 Å². The number of fused-ring (bicyclic) bond motifs is 3. The van der Waals surface area contributed by atoms with Crippen LogP contribution in [0.4, 0.5) is 0 Å². The van der Waals surface area contributed by atoms with Crippen LogP contribution in [0.3, 0.4) is 0 Å². The highest BCUT2D eigenvalue weighted by Crippen LogP contribution is 2.47. The molecule has 0 unspecified atom stereocenters. The quantitative estimate of drug-likeness (QED) is 0.699. The Morgan fingerprint density at radius 2 is 1.62 bits per heavy atom. The summed E-state index contributed by atoms with van der Waals surface area (Å²) in [5, 5.41) is 1.94. The van der Waals surface area contributed by atoms with E-state index in [4.69, 9.17) is 23.7 Å². The van der Waals surface area contributed by atoms with E-state index in [1.165, 1.54) is 0 Å². The predicted molar refractivity (Wildman–Crippen MR) is 96.8 cm³/mol. The van der Waals surface area contributed by atoms with Crippen molar-refractivity contribution in [1.82, 2.24) is 4.98 Å². The maximum Gasteiger partial charge on any atom is 0.231 e. The molecule has 6 heteroatoms. The van der Waals surface area contributed by atoms with Crippen LogP contribution >= 0.6 is 0 Å². The van der Waals surface area contributed by atoms with E-state index in [-0.39, 0.29) is 6.79 Å². The topological polar surface area (TPSA) is 59.0 Å². The van der Waals surface area contributed by atoms with Gasteiger partial charge >= 0.3 is 0 Å². The highest BCUT2D eigenvalue weighted by atomic mass is 16.7. The normalized spacial score (nSPS) is 12.3. The molecule has 0 aliphatic carbocycles. The Bertz CT molecular complexity index is 970. The largest absolute Gasteiger partial charge is 0.493 e. The van der Waals surface area contributed by atoms with E-state index in [2.05, 4.69) is 4.98 Å². The molecule has 4 rings (SSSR count). The zero-order valence-electron chi connectivity index (χ0n) is 14.9. The molecule has 6 nitrogen and oxygen atoms in total. The average molecular weight is 353 g/mol. The van der Waals surface area contributed by atoms with Gasteiger partial charge in [0.1, 0.15) is 0 Å². The van der Waals surface area contributed by atoms with Crippen LogP contribution in [0.5, 0.6) is 28.7 Å². The molecule has 1 aliphatic heterocycles. The van der Waals surface area contributed by atoms with E-state index in [0.717, 1.165) is 22.0 Å². The minimum absolute atomic E-state index is 0.193. The zero-order valence-corrected chi connectivity index (χ0v) is 14.9. The number of hydrogen-bond acceptors (Lipinski definition) is 6. The molecule has 0 saturated heterocycles. The lowest BCUT2D eigenvalue weighted by Crippen LogP contribution is -1.97. The molecule has 2 aromatic carbocycles. The fourth-order valence-corrected chi connectivity index (χ4v) is 3.21. The van der Waals surface area contributed by atoms with Gasteiger partial charge in [-0.25, -0.2) is 0 Å². The number of benzene rings is 2. The molecule has 0 bridgehead atoms. The predicted octanol–water partition coefficient (Wildman–Crippen LogP) is 3.58.